The molecule has 1 aromatic carbocycles. The molecule has 3 nitrogen and oxygen atoms in total. The average molecular weight is 312 g/mol. The van der Waals surface area contributed by atoms with Crippen LogP contribution in [-0.4, -0.2) is 17.1 Å². The second kappa shape index (κ2) is 4.57. The molecular weight excluding hydrogens is 294 g/mol. The number of anilines is 1. The summed E-state index contributed by atoms with van der Waals surface area (Å²) in [7, 11) is 0. The maximum atomic E-state index is 12.1. The van der Waals surface area contributed by atoms with Gasteiger partial charge in [0.25, 0.3) is 0 Å². The minimum atomic E-state index is -0.520. The van der Waals surface area contributed by atoms with Gasteiger partial charge in [-0.25, -0.2) is 4.79 Å². The van der Waals surface area contributed by atoms with E-state index in [9.17, 15) is 4.79 Å². The Kier molecular flexibility index (Phi) is 3.41. The molecule has 1 aromatic rings. The van der Waals surface area contributed by atoms with E-state index in [2.05, 4.69) is 21.2 Å². The Labute approximate surface area is 116 Å². The van der Waals surface area contributed by atoms with E-state index in [-0.39, 0.29) is 5.97 Å². The molecule has 1 aliphatic carbocycles. The molecule has 1 saturated carbocycles. The standard InChI is InChI=1S/C14H18BrNO2/c1-13(2,3)18-12(17)14(7-8-14)16-11-6-4-5-10(15)9-11/h4-6,9,16H,7-8H2,1-3H3. The van der Waals surface area contributed by atoms with Crippen molar-refractivity contribution < 1.29 is 9.53 Å². The quantitative estimate of drug-likeness (QED) is 0.864. The molecule has 1 fully saturated rings. The Hall–Kier alpha value is -1.03. The van der Waals surface area contributed by atoms with Gasteiger partial charge in [-0.15, -0.1) is 0 Å². The highest BCUT2D eigenvalue weighted by atomic mass is 79.9. The Bertz CT molecular complexity index is 461. The van der Waals surface area contributed by atoms with Gasteiger partial charge in [0.1, 0.15) is 11.1 Å². The summed E-state index contributed by atoms with van der Waals surface area (Å²) in [5.41, 5.74) is -0.0209. The Balaban J connectivity index is 2.07. The van der Waals surface area contributed by atoms with Crippen molar-refractivity contribution in [1.82, 2.24) is 0 Å². The van der Waals surface area contributed by atoms with Crippen LogP contribution in [0, 0.1) is 0 Å². The second-order valence-electron chi connectivity index (χ2n) is 5.72. The van der Waals surface area contributed by atoms with Crippen LogP contribution in [0.2, 0.25) is 0 Å². The summed E-state index contributed by atoms with van der Waals surface area (Å²) in [6.07, 6.45) is 1.66. The molecular formula is C14H18BrNO2. The van der Waals surface area contributed by atoms with Crippen molar-refractivity contribution >= 4 is 27.6 Å². The number of ether oxygens (including phenoxy) is 1. The molecule has 1 N–H and O–H groups in total. The minimum absolute atomic E-state index is 0.157. The first kappa shape index (κ1) is 13.4. The van der Waals surface area contributed by atoms with E-state index in [4.69, 9.17) is 4.74 Å². The molecule has 0 atom stereocenters. The van der Waals surface area contributed by atoms with Gasteiger partial charge in [0.15, 0.2) is 0 Å². The van der Waals surface area contributed by atoms with Gasteiger partial charge in [-0.05, 0) is 51.8 Å². The van der Waals surface area contributed by atoms with Crippen molar-refractivity contribution in [3.8, 4) is 0 Å². The van der Waals surface area contributed by atoms with Gasteiger partial charge >= 0.3 is 5.97 Å². The van der Waals surface area contributed by atoms with E-state index in [1.807, 2.05) is 45.0 Å². The largest absolute Gasteiger partial charge is 0.458 e. The van der Waals surface area contributed by atoms with E-state index < -0.39 is 11.1 Å². The predicted molar refractivity (Wildman–Crippen MR) is 75.6 cm³/mol. The van der Waals surface area contributed by atoms with Crippen LogP contribution in [0.3, 0.4) is 0 Å². The zero-order valence-corrected chi connectivity index (χ0v) is 12.5. The number of esters is 1. The summed E-state index contributed by atoms with van der Waals surface area (Å²) in [6.45, 7) is 5.67. The SMILES string of the molecule is CC(C)(C)OC(=O)C1(Nc2cccc(Br)c2)CC1. The third-order valence-corrected chi connectivity index (χ3v) is 3.24. The monoisotopic (exact) mass is 311 g/mol. The number of rotatable bonds is 3. The molecule has 0 aliphatic heterocycles. The third-order valence-electron chi connectivity index (χ3n) is 2.75. The van der Waals surface area contributed by atoms with E-state index in [1.165, 1.54) is 0 Å². The molecule has 18 heavy (non-hydrogen) atoms. The molecule has 0 amide bonds. The second-order valence-corrected chi connectivity index (χ2v) is 6.64. The Morgan fingerprint density at radius 1 is 1.39 bits per heavy atom. The lowest BCUT2D eigenvalue weighted by Gasteiger charge is -2.25. The van der Waals surface area contributed by atoms with Crippen molar-refractivity contribution in [3.05, 3.63) is 28.7 Å². The lowest BCUT2D eigenvalue weighted by atomic mass is 10.1. The summed E-state index contributed by atoms with van der Waals surface area (Å²) in [5.74, 6) is -0.157. The van der Waals surface area contributed by atoms with Crippen LogP contribution in [0.15, 0.2) is 28.7 Å². The van der Waals surface area contributed by atoms with Crippen molar-refractivity contribution in [3.63, 3.8) is 0 Å². The molecule has 0 spiro atoms. The highest BCUT2D eigenvalue weighted by Crippen LogP contribution is 2.41. The van der Waals surface area contributed by atoms with Gasteiger partial charge in [-0.3, -0.25) is 0 Å². The Morgan fingerprint density at radius 3 is 2.56 bits per heavy atom. The lowest BCUT2D eigenvalue weighted by molar-refractivity contribution is -0.156. The van der Waals surface area contributed by atoms with Crippen LogP contribution in [0.1, 0.15) is 33.6 Å². The minimum Gasteiger partial charge on any atom is -0.458 e. The van der Waals surface area contributed by atoms with Crippen molar-refractivity contribution in [2.24, 2.45) is 0 Å². The maximum Gasteiger partial charge on any atom is 0.332 e. The molecule has 0 aromatic heterocycles. The highest BCUT2D eigenvalue weighted by molar-refractivity contribution is 9.10. The number of carbonyl (C=O) groups is 1. The summed E-state index contributed by atoms with van der Waals surface area (Å²) < 4.78 is 6.45. The van der Waals surface area contributed by atoms with Crippen LogP contribution in [-0.2, 0) is 9.53 Å². The van der Waals surface area contributed by atoms with E-state index >= 15 is 0 Å². The van der Waals surface area contributed by atoms with Crippen LogP contribution in [0.5, 0.6) is 0 Å². The van der Waals surface area contributed by atoms with Crippen LogP contribution < -0.4 is 5.32 Å². The normalized spacial score (nSPS) is 17.1. The van der Waals surface area contributed by atoms with Crippen molar-refractivity contribution in [1.29, 1.82) is 0 Å². The van der Waals surface area contributed by atoms with Gasteiger partial charge < -0.3 is 10.1 Å². The third kappa shape index (κ3) is 3.25. The summed E-state index contributed by atoms with van der Waals surface area (Å²) >= 11 is 3.42. The average Bonchev–Trinajstić information content (AvgIpc) is 2.96. The summed E-state index contributed by atoms with van der Waals surface area (Å²) in [6, 6.07) is 7.81. The van der Waals surface area contributed by atoms with E-state index in [1.54, 1.807) is 0 Å². The van der Waals surface area contributed by atoms with Crippen molar-refractivity contribution in [2.45, 2.75) is 44.8 Å². The van der Waals surface area contributed by atoms with E-state index in [0.29, 0.717) is 0 Å². The molecule has 1 aliphatic rings. The summed E-state index contributed by atoms with van der Waals surface area (Å²) in [4.78, 5) is 12.1. The first-order valence-corrected chi connectivity index (χ1v) is 6.87. The van der Waals surface area contributed by atoms with Gasteiger partial charge in [-0.2, -0.15) is 0 Å². The smallest absolute Gasteiger partial charge is 0.332 e. The molecule has 98 valence electrons. The maximum absolute atomic E-state index is 12.1. The molecule has 0 heterocycles. The number of halogens is 1. The van der Waals surface area contributed by atoms with Crippen LogP contribution in [0.25, 0.3) is 0 Å². The van der Waals surface area contributed by atoms with Crippen LogP contribution in [0.4, 0.5) is 5.69 Å². The number of carbonyl (C=O) groups excluding carboxylic acids is 1. The van der Waals surface area contributed by atoms with Gasteiger partial charge in [0.2, 0.25) is 0 Å². The number of hydrogen-bond donors (Lipinski definition) is 1. The zero-order valence-electron chi connectivity index (χ0n) is 10.9. The van der Waals surface area contributed by atoms with Gasteiger partial charge in [0.05, 0.1) is 0 Å². The zero-order chi connectivity index (χ0) is 13.4. The first-order valence-electron chi connectivity index (χ1n) is 6.08. The van der Waals surface area contributed by atoms with Gasteiger partial charge in [0, 0.05) is 10.2 Å². The molecule has 0 radical (unpaired) electrons. The Morgan fingerprint density at radius 2 is 2.06 bits per heavy atom. The highest BCUT2D eigenvalue weighted by Gasteiger charge is 2.52. The molecule has 0 bridgehead atoms. The van der Waals surface area contributed by atoms with Gasteiger partial charge in [-0.1, -0.05) is 22.0 Å². The predicted octanol–water partition coefficient (Wildman–Crippen LogP) is 3.74. The first-order chi connectivity index (χ1) is 8.31. The molecule has 0 saturated heterocycles. The number of benzene rings is 1. The fraction of sp³-hybridized carbons (Fsp3) is 0.500. The van der Waals surface area contributed by atoms with Crippen molar-refractivity contribution in [2.75, 3.05) is 5.32 Å². The molecule has 0 unspecified atom stereocenters. The summed E-state index contributed by atoms with van der Waals surface area (Å²) in [5, 5.41) is 3.29. The fourth-order valence-electron chi connectivity index (χ4n) is 1.72. The number of nitrogens with one attached hydrogen (secondary N) is 1. The lowest BCUT2D eigenvalue weighted by Crippen LogP contribution is -2.38. The molecule has 4 heteroatoms. The fourth-order valence-corrected chi connectivity index (χ4v) is 2.12. The topological polar surface area (TPSA) is 38.3 Å². The number of hydrogen-bond acceptors (Lipinski definition) is 3. The molecule has 2 rings (SSSR count). The van der Waals surface area contributed by atoms with E-state index in [0.717, 1.165) is 23.0 Å². The van der Waals surface area contributed by atoms with Crippen LogP contribution >= 0.6 is 15.9 Å².